The molecule has 0 unspecified atom stereocenters. The monoisotopic (exact) mass is 305 g/mol. The molecule has 1 aromatic rings. The standard InChI is InChI=1S/C14H18F3NOS/c1-9-6-10-11(7-13(2,3)8-12(10)19)18(9)4-5-20-14(15,16)17/h6H,4-5,7-8H2,1-3H3. The summed E-state index contributed by atoms with van der Waals surface area (Å²) in [6.07, 6.45) is 1.24. The van der Waals surface area contributed by atoms with Gasteiger partial charge in [0.05, 0.1) is 0 Å². The van der Waals surface area contributed by atoms with E-state index in [9.17, 15) is 18.0 Å². The molecule has 6 heteroatoms. The fraction of sp³-hybridized carbons (Fsp3) is 0.643. The van der Waals surface area contributed by atoms with Gasteiger partial charge in [-0.15, -0.1) is 0 Å². The fourth-order valence-corrected chi connectivity index (χ4v) is 3.28. The first kappa shape index (κ1) is 15.5. The number of hydrogen-bond acceptors (Lipinski definition) is 2. The summed E-state index contributed by atoms with van der Waals surface area (Å²) in [6.45, 7) is 6.17. The van der Waals surface area contributed by atoms with Crippen LogP contribution in [-0.2, 0) is 13.0 Å². The lowest BCUT2D eigenvalue weighted by molar-refractivity contribution is -0.0328. The Hall–Kier alpha value is -0.910. The van der Waals surface area contributed by atoms with Crippen molar-refractivity contribution in [3.05, 3.63) is 23.0 Å². The summed E-state index contributed by atoms with van der Waals surface area (Å²) in [5.41, 5.74) is -1.87. The van der Waals surface area contributed by atoms with Gasteiger partial charge in [0, 0.05) is 35.7 Å². The molecule has 0 aliphatic heterocycles. The first-order valence-electron chi connectivity index (χ1n) is 6.52. The Balaban J connectivity index is 2.21. The molecular weight excluding hydrogens is 287 g/mol. The van der Waals surface area contributed by atoms with E-state index < -0.39 is 5.51 Å². The zero-order valence-electron chi connectivity index (χ0n) is 11.8. The number of halogens is 3. The van der Waals surface area contributed by atoms with Crippen LogP contribution in [0.4, 0.5) is 13.2 Å². The van der Waals surface area contributed by atoms with E-state index in [0.29, 0.717) is 12.0 Å². The summed E-state index contributed by atoms with van der Waals surface area (Å²) >= 11 is -0.0139. The van der Waals surface area contributed by atoms with Crippen molar-refractivity contribution in [2.24, 2.45) is 5.41 Å². The molecule has 1 heterocycles. The number of ketones is 1. The van der Waals surface area contributed by atoms with Gasteiger partial charge in [0.15, 0.2) is 5.78 Å². The normalized spacial score (nSPS) is 18.2. The van der Waals surface area contributed by atoms with Crippen molar-refractivity contribution in [1.82, 2.24) is 4.57 Å². The molecule has 0 saturated carbocycles. The van der Waals surface area contributed by atoms with Gasteiger partial charge in [0.2, 0.25) is 0 Å². The van der Waals surface area contributed by atoms with Crippen LogP contribution in [0.5, 0.6) is 0 Å². The molecule has 0 N–H and O–H groups in total. The largest absolute Gasteiger partial charge is 0.441 e. The SMILES string of the molecule is Cc1cc2c(n1CCSC(F)(F)F)CC(C)(C)CC2=O. The lowest BCUT2D eigenvalue weighted by atomic mass is 9.76. The highest BCUT2D eigenvalue weighted by molar-refractivity contribution is 8.00. The van der Waals surface area contributed by atoms with Gasteiger partial charge in [0.25, 0.3) is 0 Å². The highest BCUT2D eigenvalue weighted by Crippen LogP contribution is 2.37. The first-order chi connectivity index (χ1) is 9.09. The molecule has 0 spiro atoms. The average Bonchev–Trinajstić information content (AvgIpc) is 2.54. The van der Waals surface area contributed by atoms with E-state index in [1.54, 1.807) is 0 Å². The second kappa shape index (κ2) is 5.13. The zero-order valence-corrected chi connectivity index (χ0v) is 12.6. The summed E-state index contributed by atoms with van der Waals surface area (Å²) in [5, 5.41) is 0. The predicted molar refractivity (Wildman–Crippen MR) is 74.1 cm³/mol. The van der Waals surface area contributed by atoms with Crippen molar-refractivity contribution in [3.8, 4) is 0 Å². The van der Waals surface area contributed by atoms with E-state index in [-0.39, 0.29) is 35.3 Å². The predicted octanol–water partition coefficient (Wildman–Crippen LogP) is 4.20. The maximum Gasteiger partial charge on any atom is 0.441 e. The van der Waals surface area contributed by atoms with Gasteiger partial charge < -0.3 is 4.57 Å². The Labute approximate surface area is 120 Å². The zero-order chi connectivity index (χ0) is 15.1. The Morgan fingerprint density at radius 3 is 2.60 bits per heavy atom. The highest BCUT2D eigenvalue weighted by atomic mass is 32.2. The number of carbonyl (C=O) groups is 1. The highest BCUT2D eigenvalue weighted by Gasteiger charge is 2.34. The van der Waals surface area contributed by atoms with Gasteiger partial charge in [-0.05, 0) is 36.6 Å². The van der Waals surface area contributed by atoms with E-state index in [1.807, 2.05) is 31.4 Å². The van der Waals surface area contributed by atoms with Gasteiger partial charge in [-0.3, -0.25) is 4.79 Å². The number of fused-ring (bicyclic) bond motifs is 1. The second-order valence-corrected chi connectivity index (χ2v) is 7.19. The smallest absolute Gasteiger partial charge is 0.347 e. The summed E-state index contributed by atoms with van der Waals surface area (Å²) in [7, 11) is 0. The van der Waals surface area contributed by atoms with Gasteiger partial charge in [0.1, 0.15) is 0 Å². The fourth-order valence-electron chi connectivity index (χ4n) is 2.77. The second-order valence-electron chi connectivity index (χ2n) is 6.03. The topological polar surface area (TPSA) is 22.0 Å². The molecule has 0 aromatic carbocycles. The number of Topliss-reactive ketones (excluding diaryl/α,β-unsaturated/α-hetero) is 1. The van der Waals surface area contributed by atoms with Gasteiger partial charge >= 0.3 is 5.51 Å². The molecule has 112 valence electrons. The molecule has 0 radical (unpaired) electrons. The van der Waals surface area contributed by atoms with E-state index >= 15 is 0 Å². The molecule has 0 atom stereocenters. The van der Waals surface area contributed by atoms with Crippen molar-refractivity contribution < 1.29 is 18.0 Å². The maximum absolute atomic E-state index is 12.2. The lowest BCUT2D eigenvalue weighted by Crippen LogP contribution is -2.28. The lowest BCUT2D eigenvalue weighted by Gasteiger charge is -2.29. The molecule has 0 saturated heterocycles. The number of alkyl halides is 3. The quantitative estimate of drug-likeness (QED) is 0.834. The van der Waals surface area contributed by atoms with Gasteiger partial charge in [-0.25, -0.2) is 0 Å². The number of hydrogen-bond donors (Lipinski definition) is 0. The van der Waals surface area contributed by atoms with E-state index in [2.05, 4.69) is 0 Å². The minimum absolute atomic E-state index is 0.0139. The summed E-state index contributed by atoms with van der Waals surface area (Å²) in [4.78, 5) is 12.1. The molecule has 0 bridgehead atoms. The summed E-state index contributed by atoms with van der Waals surface area (Å²) < 4.78 is 38.5. The Morgan fingerprint density at radius 2 is 2.00 bits per heavy atom. The molecule has 2 rings (SSSR count). The molecule has 0 fully saturated rings. The average molecular weight is 305 g/mol. The van der Waals surface area contributed by atoms with E-state index in [0.717, 1.165) is 17.8 Å². The number of nitrogens with zero attached hydrogens (tertiary/aromatic N) is 1. The number of thioether (sulfide) groups is 1. The van der Waals surface area contributed by atoms with Crippen molar-refractivity contribution in [3.63, 3.8) is 0 Å². The van der Waals surface area contributed by atoms with Gasteiger partial charge in [-0.1, -0.05) is 13.8 Å². The van der Waals surface area contributed by atoms with Crippen LogP contribution >= 0.6 is 11.8 Å². The van der Waals surface area contributed by atoms with Gasteiger partial charge in [-0.2, -0.15) is 13.2 Å². The maximum atomic E-state index is 12.2. The third-order valence-corrected chi connectivity index (χ3v) is 4.30. The van der Waals surface area contributed by atoms with Crippen LogP contribution in [0.25, 0.3) is 0 Å². The third kappa shape index (κ3) is 3.40. The third-order valence-electron chi connectivity index (χ3n) is 3.58. The van der Waals surface area contributed by atoms with Crippen LogP contribution in [0.15, 0.2) is 6.07 Å². The van der Waals surface area contributed by atoms with Crippen molar-refractivity contribution in [2.45, 2.75) is 45.7 Å². The van der Waals surface area contributed by atoms with Crippen molar-refractivity contribution in [1.29, 1.82) is 0 Å². The molecule has 0 amide bonds. The molecule has 1 aliphatic carbocycles. The van der Waals surface area contributed by atoms with Crippen LogP contribution in [-0.4, -0.2) is 21.6 Å². The summed E-state index contributed by atoms with van der Waals surface area (Å²) in [5.74, 6) is 0.0710. The molecular formula is C14H18F3NOS. The minimum Gasteiger partial charge on any atom is -0.347 e. The number of rotatable bonds is 3. The van der Waals surface area contributed by atoms with E-state index in [4.69, 9.17) is 0 Å². The first-order valence-corrected chi connectivity index (χ1v) is 7.50. The van der Waals surface area contributed by atoms with E-state index in [1.165, 1.54) is 0 Å². The van der Waals surface area contributed by atoms with Crippen LogP contribution in [0, 0.1) is 12.3 Å². The number of carbonyl (C=O) groups excluding carboxylic acids is 1. The molecule has 20 heavy (non-hydrogen) atoms. The molecule has 1 aliphatic rings. The number of aromatic nitrogens is 1. The minimum atomic E-state index is -4.20. The van der Waals surface area contributed by atoms with Crippen LogP contribution in [0.2, 0.25) is 0 Å². The van der Waals surface area contributed by atoms with Crippen LogP contribution in [0.1, 0.15) is 42.0 Å². The summed E-state index contributed by atoms with van der Waals surface area (Å²) in [6, 6.07) is 1.81. The Kier molecular flexibility index (Phi) is 3.97. The van der Waals surface area contributed by atoms with Crippen LogP contribution < -0.4 is 0 Å². The molecule has 1 aromatic heterocycles. The molecule has 2 nitrogen and oxygen atoms in total. The Bertz CT molecular complexity index is 531. The van der Waals surface area contributed by atoms with Crippen LogP contribution in [0.3, 0.4) is 0 Å². The van der Waals surface area contributed by atoms with Crippen molar-refractivity contribution >= 4 is 17.5 Å². The van der Waals surface area contributed by atoms with Crippen molar-refractivity contribution in [2.75, 3.05) is 5.75 Å². The number of aryl methyl sites for hydroxylation is 1. The Morgan fingerprint density at radius 1 is 1.35 bits per heavy atom.